The highest BCUT2D eigenvalue weighted by molar-refractivity contribution is 14.1. The molecular weight excluding hydrogens is 404 g/mol. The summed E-state index contributed by atoms with van der Waals surface area (Å²) in [7, 11) is 0. The van der Waals surface area contributed by atoms with Crippen molar-refractivity contribution in [1.82, 2.24) is 10.2 Å². The standard InChI is InChI=1S/C13H16F3IN2.ClH/c14-13(15,16)9-12(19-7-5-18-6-8-19)10-1-3-11(17)4-2-10;/h1-4,12,18H,5-9H2;1H/t12-;/m1./s1. The maximum atomic E-state index is 12.8. The highest BCUT2D eigenvalue weighted by Gasteiger charge is 2.35. The summed E-state index contributed by atoms with van der Waals surface area (Å²) in [6.07, 6.45) is -4.92. The summed E-state index contributed by atoms with van der Waals surface area (Å²) in [5, 5.41) is 3.17. The lowest BCUT2D eigenvalue weighted by molar-refractivity contribution is -0.148. The summed E-state index contributed by atoms with van der Waals surface area (Å²) in [4.78, 5) is 1.92. The molecule has 0 unspecified atom stereocenters. The van der Waals surface area contributed by atoms with Gasteiger partial charge in [0.15, 0.2) is 0 Å². The van der Waals surface area contributed by atoms with Crippen LogP contribution in [0.3, 0.4) is 0 Å². The molecule has 1 saturated heterocycles. The van der Waals surface area contributed by atoms with Crippen molar-refractivity contribution in [1.29, 1.82) is 0 Å². The zero-order valence-corrected chi connectivity index (χ0v) is 13.8. The summed E-state index contributed by atoms with van der Waals surface area (Å²) >= 11 is 2.16. The number of alkyl halides is 3. The molecule has 0 amide bonds. The molecule has 2 nitrogen and oxygen atoms in total. The molecule has 1 heterocycles. The van der Waals surface area contributed by atoms with Gasteiger partial charge in [-0.25, -0.2) is 0 Å². The SMILES string of the molecule is Cl.FC(F)(F)C[C@H](c1ccc(I)cc1)N1CCNCC1. The first-order valence-corrected chi connectivity index (χ1v) is 7.30. The van der Waals surface area contributed by atoms with E-state index in [2.05, 4.69) is 27.9 Å². The van der Waals surface area contributed by atoms with E-state index >= 15 is 0 Å². The number of benzene rings is 1. The molecule has 0 bridgehead atoms. The van der Waals surface area contributed by atoms with Crippen molar-refractivity contribution in [3.63, 3.8) is 0 Å². The van der Waals surface area contributed by atoms with E-state index in [-0.39, 0.29) is 12.4 Å². The Balaban J connectivity index is 0.00000200. The van der Waals surface area contributed by atoms with Crippen molar-refractivity contribution in [2.75, 3.05) is 26.2 Å². The monoisotopic (exact) mass is 420 g/mol. The molecule has 0 spiro atoms. The molecule has 0 radical (unpaired) electrons. The smallest absolute Gasteiger partial charge is 0.314 e. The minimum Gasteiger partial charge on any atom is -0.314 e. The van der Waals surface area contributed by atoms with E-state index in [1.807, 2.05) is 17.0 Å². The van der Waals surface area contributed by atoms with Crippen LogP contribution in [0.1, 0.15) is 18.0 Å². The Hall–Kier alpha value is -0.0500. The minimum atomic E-state index is -4.14. The van der Waals surface area contributed by atoms with Gasteiger partial charge in [-0.3, -0.25) is 4.90 Å². The van der Waals surface area contributed by atoms with Crippen LogP contribution in [0.4, 0.5) is 13.2 Å². The Morgan fingerprint density at radius 3 is 2.20 bits per heavy atom. The lowest BCUT2D eigenvalue weighted by Gasteiger charge is -2.35. The summed E-state index contributed by atoms with van der Waals surface area (Å²) < 4.78 is 39.4. The molecule has 0 saturated carbocycles. The third kappa shape index (κ3) is 5.38. The second kappa shape index (κ2) is 7.82. The molecule has 7 heteroatoms. The highest BCUT2D eigenvalue weighted by Crippen LogP contribution is 2.34. The molecule has 1 aromatic rings. The summed E-state index contributed by atoms with van der Waals surface area (Å²) in [5.41, 5.74) is 0.750. The second-order valence-electron chi connectivity index (χ2n) is 4.67. The second-order valence-corrected chi connectivity index (χ2v) is 5.92. The van der Waals surface area contributed by atoms with Crippen molar-refractivity contribution in [3.8, 4) is 0 Å². The zero-order valence-electron chi connectivity index (χ0n) is 10.8. The van der Waals surface area contributed by atoms with Gasteiger partial charge in [0.2, 0.25) is 0 Å². The first-order valence-electron chi connectivity index (χ1n) is 6.23. The van der Waals surface area contributed by atoms with E-state index in [1.165, 1.54) is 0 Å². The average Bonchev–Trinajstić information content (AvgIpc) is 2.37. The maximum Gasteiger partial charge on any atom is 0.390 e. The van der Waals surface area contributed by atoms with E-state index in [4.69, 9.17) is 0 Å². The number of hydrogen-bond acceptors (Lipinski definition) is 2. The Kier molecular flexibility index (Phi) is 7.03. The van der Waals surface area contributed by atoms with E-state index in [1.54, 1.807) is 12.1 Å². The maximum absolute atomic E-state index is 12.8. The molecule has 1 atom stereocenters. The number of nitrogens with one attached hydrogen (secondary N) is 1. The van der Waals surface area contributed by atoms with Crippen molar-refractivity contribution in [2.45, 2.75) is 18.6 Å². The highest BCUT2D eigenvalue weighted by atomic mass is 127. The van der Waals surface area contributed by atoms with Gasteiger partial charge in [-0.05, 0) is 40.3 Å². The minimum absolute atomic E-state index is 0. The topological polar surface area (TPSA) is 15.3 Å². The molecule has 1 N–H and O–H groups in total. The molecule has 2 rings (SSSR count). The predicted molar refractivity (Wildman–Crippen MR) is 84.3 cm³/mol. The number of rotatable bonds is 3. The van der Waals surface area contributed by atoms with Gasteiger partial charge < -0.3 is 5.32 Å². The Labute approximate surface area is 136 Å². The van der Waals surface area contributed by atoms with Crippen LogP contribution in [0.5, 0.6) is 0 Å². The molecule has 0 aliphatic carbocycles. The van der Waals surface area contributed by atoms with Gasteiger partial charge in [0.25, 0.3) is 0 Å². The molecule has 114 valence electrons. The van der Waals surface area contributed by atoms with Gasteiger partial charge in [-0.1, -0.05) is 12.1 Å². The van der Waals surface area contributed by atoms with Crippen LogP contribution < -0.4 is 5.32 Å². The molecule has 1 aromatic carbocycles. The van der Waals surface area contributed by atoms with Gasteiger partial charge in [0.1, 0.15) is 0 Å². The van der Waals surface area contributed by atoms with E-state index in [0.29, 0.717) is 13.1 Å². The fourth-order valence-electron chi connectivity index (χ4n) is 2.36. The van der Waals surface area contributed by atoms with E-state index < -0.39 is 18.6 Å². The molecule has 0 aromatic heterocycles. The number of nitrogens with zero attached hydrogens (tertiary/aromatic N) is 1. The van der Waals surface area contributed by atoms with Gasteiger partial charge in [0, 0.05) is 35.8 Å². The lowest BCUT2D eigenvalue weighted by Crippen LogP contribution is -2.46. The number of hydrogen-bond donors (Lipinski definition) is 1. The van der Waals surface area contributed by atoms with E-state index in [0.717, 1.165) is 22.2 Å². The van der Waals surface area contributed by atoms with Crippen molar-refractivity contribution >= 4 is 35.0 Å². The molecule has 1 aliphatic rings. The molecule has 1 fully saturated rings. The summed E-state index contributed by atoms with van der Waals surface area (Å²) in [6.45, 7) is 2.82. The Morgan fingerprint density at radius 2 is 1.70 bits per heavy atom. The van der Waals surface area contributed by atoms with Crippen LogP contribution in [-0.4, -0.2) is 37.3 Å². The van der Waals surface area contributed by atoms with Crippen LogP contribution in [0.25, 0.3) is 0 Å². The molecular formula is C13H17ClF3IN2. The van der Waals surface area contributed by atoms with Crippen LogP contribution in [-0.2, 0) is 0 Å². The third-order valence-electron chi connectivity index (χ3n) is 3.27. The van der Waals surface area contributed by atoms with Gasteiger partial charge in [-0.2, -0.15) is 13.2 Å². The van der Waals surface area contributed by atoms with Gasteiger partial charge >= 0.3 is 6.18 Å². The number of halogens is 5. The van der Waals surface area contributed by atoms with Crippen molar-refractivity contribution < 1.29 is 13.2 Å². The Morgan fingerprint density at radius 1 is 1.15 bits per heavy atom. The van der Waals surface area contributed by atoms with Crippen LogP contribution in [0, 0.1) is 3.57 Å². The third-order valence-corrected chi connectivity index (χ3v) is 3.99. The first kappa shape index (κ1) is 18.0. The summed E-state index contributed by atoms with van der Waals surface area (Å²) in [5.74, 6) is 0. The van der Waals surface area contributed by atoms with Crippen molar-refractivity contribution in [3.05, 3.63) is 33.4 Å². The predicted octanol–water partition coefficient (Wildman–Crippen LogP) is 3.61. The van der Waals surface area contributed by atoms with Gasteiger partial charge in [0.05, 0.1) is 6.42 Å². The fourth-order valence-corrected chi connectivity index (χ4v) is 2.72. The quantitative estimate of drug-likeness (QED) is 0.752. The van der Waals surface area contributed by atoms with Crippen molar-refractivity contribution in [2.24, 2.45) is 0 Å². The van der Waals surface area contributed by atoms with Crippen LogP contribution in [0.2, 0.25) is 0 Å². The number of piperazine rings is 1. The normalized spacial score (nSPS) is 18.4. The first-order chi connectivity index (χ1) is 8.96. The zero-order chi connectivity index (χ0) is 13.9. The van der Waals surface area contributed by atoms with Crippen LogP contribution in [0.15, 0.2) is 24.3 Å². The van der Waals surface area contributed by atoms with Crippen LogP contribution >= 0.6 is 35.0 Å². The van der Waals surface area contributed by atoms with E-state index in [9.17, 15) is 13.2 Å². The lowest BCUT2D eigenvalue weighted by atomic mass is 10.0. The molecule has 1 aliphatic heterocycles. The summed E-state index contributed by atoms with van der Waals surface area (Å²) in [6, 6.07) is 6.77. The average molecular weight is 421 g/mol. The fraction of sp³-hybridized carbons (Fsp3) is 0.538. The van der Waals surface area contributed by atoms with Gasteiger partial charge in [-0.15, -0.1) is 12.4 Å². The Bertz CT molecular complexity index is 405. The largest absolute Gasteiger partial charge is 0.390 e. The molecule has 20 heavy (non-hydrogen) atoms.